The molecule has 19 heavy (non-hydrogen) atoms. The van der Waals surface area contributed by atoms with Crippen molar-refractivity contribution >= 4 is 0 Å². The second kappa shape index (κ2) is 5.54. The lowest BCUT2D eigenvalue weighted by atomic mass is 9.88. The third-order valence-corrected chi connectivity index (χ3v) is 4.84. The van der Waals surface area contributed by atoms with Crippen molar-refractivity contribution in [2.45, 2.75) is 44.9 Å². The Kier molecular flexibility index (Phi) is 3.79. The Labute approximate surface area is 116 Å². The van der Waals surface area contributed by atoms with Crippen molar-refractivity contribution in [3.05, 3.63) is 29.8 Å². The Morgan fingerprint density at radius 1 is 1.26 bits per heavy atom. The summed E-state index contributed by atoms with van der Waals surface area (Å²) in [5.74, 6) is 1.71. The van der Waals surface area contributed by atoms with E-state index in [1.54, 1.807) is 0 Å². The molecule has 104 valence electrons. The molecule has 1 aliphatic heterocycles. The van der Waals surface area contributed by atoms with E-state index >= 15 is 0 Å². The first kappa shape index (κ1) is 13.0. The van der Waals surface area contributed by atoms with Crippen molar-refractivity contribution in [3.8, 4) is 5.75 Å². The van der Waals surface area contributed by atoms with Gasteiger partial charge in [0.25, 0.3) is 0 Å². The van der Waals surface area contributed by atoms with E-state index in [0.29, 0.717) is 11.3 Å². The van der Waals surface area contributed by atoms with Gasteiger partial charge < -0.3 is 10.1 Å². The average molecular weight is 259 g/mol. The molecule has 0 bridgehead atoms. The standard InChI is InChI=1S/C17H25NO/c1-17(9-4-5-10-17)13-18-12-14-8-11-19-16-7-3-2-6-15(14)16/h2-3,6-7,14,18H,4-5,8-13H2,1H3. The number of para-hydroxylation sites is 1. The topological polar surface area (TPSA) is 21.3 Å². The first-order valence-corrected chi connectivity index (χ1v) is 7.69. The zero-order valence-electron chi connectivity index (χ0n) is 12.0. The fourth-order valence-corrected chi connectivity index (χ4v) is 3.58. The van der Waals surface area contributed by atoms with Gasteiger partial charge in [0.2, 0.25) is 0 Å². The fraction of sp³-hybridized carbons (Fsp3) is 0.647. The third kappa shape index (κ3) is 2.94. The second-order valence-electron chi connectivity index (χ2n) is 6.52. The normalized spacial score (nSPS) is 24.8. The lowest BCUT2D eigenvalue weighted by Crippen LogP contribution is -2.33. The van der Waals surface area contributed by atoms with Crippen molar-refractivity contribution in [1.82, 2.24) is 5.32 Å². The van der Waals surface area contributed by atoms with Crippen LogP contribution in [0.15, 0.2) is 24.3 Å². The van der Waals surface area contributed by atoms with Crippen molar-refractivity contribution < 1.29 is 4.74 Å². The molecule has 1 aromatic carbocycles. The van der Waals surface area contributed by atoms with Crippen LogP contribution in [0.4, 0.5) is 0 Å². The van der Waals surface area contributed by atoms with Gasteiger partial charge in [0.1, 0.15) is 5.75 Å². The molecule has 1 fully saturated rings. The molecule has 2 nitrogen and oxygen atoms in total. The van der Waals surface area contributed by atoms with E-state index in [2.05, 4.69) is 36.5 Å². The van der Waals surface area contributed by atoms with Crippen LogP contribution in [0.3, 0.4) is 0 Å². The van der Waals surface area contributed by atoms with Crippen LogP contribution in [0.5, 0.6) is 5.75 Å². The van der Waals surface area contributed by atoms with E-state index < -0.39 is 0 Å². The quantitative estimate of drug-likeness (QED) is 0.889. The first-order valence-electron chi connectivity index (χ1n) is 7.69. The van der Waals surface area contributed by atoms with Crippen LogP contribution in [0.1, 0.15) is 50.5 Å². The molecule has 1 N–H and O–H groups in total. The van der Waals surface area contributed by atoms with Gasteiger partial charge in [-0.2, -0.15) is 0 Å². The summed E-state index contributed by atoms with van der Waals surface area (Å²) in [5.41, 5.74) is 1.93. The number of fused-ring (bicyclic) bond motifs is 1. The van der Waals surface area contributed by atoms with Crippen molar-refractivity contribution in [2.24, 2.45) is 5.41 Å². The minimum absolute atomic E-state index is 0.546. The number of ether oxygens (including phenoxy) is 1. The van der Waals surface area contributed by atoms with Crippen molar-refractivity contribution in [3.63, 3.8) is 0 Å². The maximum absolute atomic E-state index is 5.73. The minimum Gasteiger partial charge on any atom is -0.493 e. The van der Waals surface area contributed by atoms with Gasteiger partial charge in [-0.1, -0.05) is 38.0 Å². The van der Waals surface area contributed by atoms with E-state index in [4.69, 9.17) is 4.74 Å². The van der Waals surface area contributed by atoms with Gasteiger partial charge >= 0.3 is 0 Å². The summed E-state index contributed by atoms with van der Waals surface area (Å²) in [6, 6.07) is 8.50. The molecule has 2 aliphatic rings. The van der Waals surface area contributed by atoms with Crippen LogP contribution >= 0.6 is 0 Å². The zero-order valence-corrected chi connectivity index (χ0v) is 12.0. The average Bonchev–Trinajstić information content (AvgIpc) is 2.86. The van der Waals surface area contributed by atoms with Gasteiger partial charge in [0.15, 0.2) is 0 Å². The number of rotatable bonds is 4. The molecule has 0 amide bonds. The Morgan fingerprint density at radius 2 is 2.05 bits per heavy atom. The zero-order chi connectivity index (χ0) is 13.1. The predicted octanol–water partition coefficient (Wildman–Crippen LogP) is 3.72. The van der Waals surface area contributed by atoms with Crippen LogP contribution in [-0.2, 0) is 0 Å². The molecule has 1 heterocycles. The third-order valence-electron chi connectivity index (χ3n) is 4.84. The summed E-state index contributed by atoms with van der Waals surface area (Å²) >= 11 is 0. The Morgan fingerprint density at radius 3 is 2.89 bits per heavy atom. The highest BCUT2D eigenvalue weighted by molar-refractivity contribution is 5.37. The molecule has 1 saturated carbocycles. The molecule has 2 heteroatoms. The van der Waals surface area contributed by atoms with E-state index in [1.807, 2.05) is 0 Å². The molecule has 1 unspecified atom stereocenters. The first-order chi connectivity index (χ1) is 9.27. The molecular formula is C17H25NO. The molecular weight excluding hydrogens is 234 g/mol. The summed E-state index contributed by atoms with van der Waals surface area (Å²) in [5, 5.41) is 3.72. The van der Waals surface area contributed by atoms with Crippen LogP contribution in [0, 0.1) is 5.41 Å². The largest absolute Gasteiger partial charge is 0.493 e. The van der Waals surface area contributed by atoms with Crippen LogP contribution in [0.25, 0.3) is 0 Å². The SMILES string of the molecule is CC1(CNCC2CCOc3ccccc32)CCCC1. The van der Waals surface area contributed by atoms with E-state index in [9.17, 15) is 0 Å². The van der Waals surface area contributed by atoms with Gasteiger partial charge in [0, 0.05) is 19.0 Å². The molecule has 1 aromatic rings. The molecule has 0 radical (unpaired) electrons. The second-order valence-corrected chi connectivity index (χ2v) is 6.52. The number of benzene rings is 1. The maximum atomic E-state index is 5.73. The van der Waals surface area contributed by atoms with Crippen LogP contribution in [-0.4, -0.2) is 19.7 Å². The highest BCUT2D eigenvalue weighted by Crippen LogP contribution is 2.37. The number of nitrogens with one attached hydrogen (secondary N) is 1. The van der Waals surface area contributed by atoms with Gasteiger partial charge in [-0.3, -0.25) is 0 Å². The van der Waals surface area contributed by atoms with Crippen LogP contribution in [0.2, 0.25) is 0 Å². The van der Waals surface area contributed by atoms with E-state index in [-0.39, 0.29) is 0 Å². The Bertz CT molecular complexity index is 423. The molecule has 3 rings (SSSR count). The highest BCUT2D eigenvalue weighted by Gasteiger charge is 2.28. The highest BCUT2D eigenvalue weighted by atomic mass is 16.5. The van der Waals surface area contributed by atoms with Gasteiger partial charge in [0.05, 0.1) is 6.61 Å². The summed E-state index contributed by atoms with van der Waals surface area (Å²) in [6.07, 6.45) is 6.76. The summed E-state index contributed by atoms with van der Waals surface area (Å²) in [6.45, 7) is 5.56. The fourth-order valence-electron chi connectivity index (χ4n) is 3.58. The lowest BCUT2D eigenvalue weighted by molar-refractivity contribution is 0.256. The molecule has 1 atom stereocenters. The van der Waals surface area contributed by atoms with Crippen molar-refractivity contribution in [2.75, 3.05) is 19.7 Å². The van der Waals surface area contributed by atoms with Gasteiger partial charge in [-0.15, -0.1) is 0 Å². The Hall–Kier alpha value is -1.02. The summed E-state index contributed by atoms with van der Waals surface area (Å²) < 4.78 is 5.73. The van der Waals surface area contributed by atoms with E-state index in [1.165, 1.54) is 37.8 Å². The van der Waals surface area contributed by atoms with E-state index in [0.717, 1.165) is 25.3 Å². The maximum Gasteiger partial charge on any atom is 0.122 e. The number of hydrogen-bond acceptors (Lipinski definition) is 2. The number of hydrogen-bond donors (Lipinski definition) is 1. The molecule has 0 saturated heterocycles. The van der Waals surface area contributed by atoms with Crippen molar-refractivity contribution in [1.29, 1.82) is 0 Å². The summed E-state index contributed by atoms with van der Waals surface area (Å²) in [4.78, 5) is 0. The van der Waals surface area contributed by atoms with Gasteiger partial charge in [-0.25, -0.2) is 0 Å². The molecule has 0 spiro atoms. The van der Waals surface area contributed by atoms with Gasteiger partial charge in [-0.05, 0) is 36.3 Å². The Balaban J connectivity index is 1.56. The predicted molar refractivity (Wildman–Crippen MR) is 78.7 cm³/mol. The smallest absolute Gasteiger partial charge is 0.122 e. The summed E-state index contributed by atoms with van der Waals surface area (Å²) in [7, 11) is 0. The molecule has 0 aromatic heterocycles. The minimum atomic E-state index is 0.546. The molecule has 1 aliphatic carbocycles. The lowest BCUT2D eigenvalue weighted by Gasteiger charge is -2.29. The van der Waals surface area contributed by atoms with Crippen LogP contribution < -0.4 is 10.1 Å². The monoisotopic (exact) mass is 259 g/mol.